The van der Waals surface area contributed by atoms with Gasteiger partial charge in [0, 0.05) is 12.0 Å². The molecule has 5 heteroatoms. The molecule has 0 amide bonds. The van der Waals surface area contributed by atoms with Crippen LogP contribution in [0.1, 0.15) is 11.1 Å². The Balaban J connectivity index is 2.32. The van der Waals surface area contributed by atoms with Gasteiger partial charge >= 0.3 is 5.97 Å². The van der Waals surface area contributed by atoms with Crippen LogP contribution in [0.15, 0.2) is 12.1 Å². The fraction of sp³-hybridized carbons (Fsp3) is 0.417. The molecule has 1 aromatic rings. The lowest BCUT2D eigenvalue weighted by Gasteiger charge is -2.23. The summed E-state index contributed by atoms with van der Waals surface area (Å²) in [6.07, 6.45) is 0.237. The highest BCUT2D eigenvalue weighted by Gasteiger charge is 2.21. The Morgan fingerprint density at radius 2 is 2.06 bits per heavy atom. The number of benzene rings is 1. The van der Waals surface area contributed by atoms with Crippen LogP contribution in [0.4, 0.5) is 0 Å². The standard InChI is InChI=1S/C12H15NO4/c1-7-2-3-8(6-9(13)12(14)15)11-10(7)16-4-5-17-11/h2-3,9H,4-6,13H2,1H3,(H,14,15). The number of hydrogen-bond donors (Lipinski definition) is 2. The van der Waals surface area contributed by atoms with Crippen LogP contribution in [0.25, 0.3) is 0 Å². The second-order valence-corrected chi connectivity index (χ2v) is 4.05. The lowest BCUT2D eigenvalue weighted by molar-refractivity contribution is -0.138. The number of carbonyl (C=O) groups is 1. The van der Waals surface area contributed by atoms with E-state index >= 15 is 0 Å². The average molecular weight is 237 g/mol. The molecule has 3 N–H and O–H groups in total. The van der Waals surface area contributed by atoms with Crippen molar-refractivity contribution in [2.45, 2.75) is 19.4 Å². The van der Waals surface area contributed by atoms with Crippen molar-refractivity contribution in [2.75, 3.05) is 13.2 Å². The molecular weight excluding hydrogens is 222 g/mol. The molecule has 1 aliphatic rings. The molecule has 0 aliphatic carbocycles. The predicted octanol–water partition coefficient (Wildman–Crippen LogP) is 0.721. The van der Waals surface area contributed by atoms with Crippen LogP contribution in [0.3, 0.4) is 0 Å². The van der Waals surface area contributed by atoms with Gasteiger partial charge in [0.25, 0.3) is 0 Å². The molecule has 0 radical (unpaired) electrons. The minimum absolute atomic E-state index is 0.237. The van der Waals surface area contributed by atoms with E-state index in [-0.39, 0.29) is 6.42 Å². The predicted molar refractivity (Wildman–Crippen MR) is 61.5 cm³/mol. The number of aryl methyl sites for hydroxylation is 1. The maximum Gasteiger partial charge on any atom is 0.320 e. The number of fused-ring (bicyclic) bond motifs is 1. The van der Waals surface area contributed by atoms with Gasteiger partial charge in [-0.25, -0.2) is 0 Å². The first-order valence-electron chi connectivity index (χ1n) is 5.46. The maximum atomic E-state index is 10.7. The minimum Gasteiger partial charge on any atom is -0.486 e. The average Bonchev–Trinajstić information content (AvgIpc) is 2.33. The van der Waals surface area contributed by atoms with Gasteiger partial charge in [-0.3, -0.25) is 4.79 Å². The van der Waals surface area contributed by atoms with Crippen LogP contribution >= 0.6 is 0 Å². The summed E-state index contributed by atoms with van der Waals surface area (Å²) in [7, 11) is 0. The summed E-state index contributed by atoms with van der Waals surface area (Å²) in [6.45, 7) is 2.92. The van der Waals surface area contributed by atoms with Gasteiger partial charge in [-0.2, -0.15) is 0 Å². The highest BCUT2D eigenvalue weighted by molar-refractivity contribution is 5.74. The zero-order valence-electron chi connectivity index (χ0n) is 9.60. The van der Waals surface area contributed by atoms with Crippen molar-refractivity contribution in [1.29, 1.82) is 0 Å². The Morgan fingerprint density at radius 1 is 1.41 bits per heavy atom. The van der Waals surface area contributed by atoms with Crippen LogP contribution in [-0.4, -0.2) is 30.3 Å². The lowest BCUT2D eigenvalue weighted by atomic mass is 10.0. The number of nitrogens with two attached hydrogens (primary N) is 1. The summed E-state index contributed by atoms with van der Waals surface area (Å²) in [6, 6.07) is 2.80. The third-order valence-corrected chi connectivity index (χ3v) is 2.72. The molecule has 92 valence electrons. The lowest BCUT2D eigenvalue weighted by Crippen LogP contribution is -2.32. The summed E-state index contributed by atoms with van der Waals surface area (Å²) in [4.78, 5) is 10.7. The van der Waals surface area contributed by atoms with E-state index in [1.807, 2.05) is 19.1 Å². The van der Waals surface area contributed by atoms with Crippen LogP contribution in [0.2, 0.25) is 0 Å². The molecule has 1 unspecified atom stereocenters. The molecule has 0 saturated carbocycles. The van der Waals surface area contributed by atoms with Crippen molar-refractivity contribution in [3.05, 3.63) is 23.3 Å². The van der Waals surface area contributed by atoms with E-state index in [2.05, 4.69) is 0 Å². The molecule has 1 atom stereocenters. The summed E-state index contributed by atoms with van der Waals surface area (Å²) in [5.74, 6) is 0.315. The van der Waals surface area contributed by atoms with E-state index in [0.29, 0.717) is 24.7 Å². The smallest absolute Gasteiger partial charge is 0.320 e. The summed E-state index contributed by atoms with van der Waals surface area (Å²) in [5.41, 5.74) is 7.28. The molecule has 0 spiro atoms. The molecule has 0 aromatic heterocycles. The van der Waals surface area contributed by atoms with E-state index in [0.717, 1.165) is 11.1 Å². The summed E-state index contributed by atoms with van der Waals surface area (Å²) >= 11 is 0. The topological polar surface area (TPSA) is 81.8 Å². The second kappa shape index (κ2) is 4.63. The Kier molecular flexibility index (Phi) is 3.19. The van der Waals surface area contributed by atoms with E-state index in [1.54, 1.807) is 0 Å². The molecule has 1 aromatic carbocycles. The van der Waals surface area contributed by atoms with Crippen molar-refractivity contribution in [2.24, 2.45) is 5.73 Å². The van der Waals surface area contributed by atoms with Gasteiger partial charge < -0.3 is 20.3 Å². The Hall–Kier alpha value is -1.75. The van der Waals surface area contributed by atoms with Crippen molar-refractivity contribution in [3.63, 3.8) is 0 Å². The monoisotopic (exact) mass is 237 g/mol. The van der Waals surface area contributed by atoms with Gasteiger partial charge in [-0.15, -0.1) is 0 Å². The second-order valence-electron chi connectivity index (χ2n) is 4.05. The van der Waals surface area contributed by atoms with Gasteiger partial charge in [-0.05, 0) is 12.5 Å². The number of carboxylic acid groups (broad SMARTS) is 1. The zero-order chi connectivity index (χ0) is 12.4. The molecular formula is C12H15NO4. The van der Waals surface area contributed by atoms with Crippen molar-refractivity contribution in [3.8, 4) is 11.5 Å². The van der Waals surface area contributed by atoms with Gasteiger partial charge in [0.2, 0.25) is 0 Å². The SMILES string of the molecule is Cc1ccc(CC(N)C(=O)O)c2c1OCCO2. The maximum absolute atomic E-state index is 10.7. The third kappa shape index (κ3) is 2.34. The molecule has 0 bridgehead atoms. The first-order chi connectivity index (χ1) is 8.09. The van der Waals surface area contributed by atoms with Crippen LogP contribution < -0.4 is 15.2 Å². The summed E-state index contributed by atoms with van der Waals surface area (Å²) < 4.78 is 11.1. The van der Waals surface area contributed by atoms with E-state index < -0.39 is 12.0 Å². The molecule has 0 fully saturated rings. The van der Waals surface area contributed by atoms with E-state index in [9.17, 15) is 4.79 Å². The van der Waals surface area contributed by atoms with Gasteiger partial charge in [-0.1, -0.05) is 12.1 Å². The number of carboxylic acids is 1. The van der Waals surface area contributed by atoms with Gasteiger partial charge in [0.05, 0.1) is 0 Å². The number of ether oxygens (including phenoxy) is 2. The van der Waals surface area contributed by atoms with E-state index in [1.165, 1.54) is 0 Å². The van der Waals surface area contributed by atoms with Crippen molar-refractivity contribution >= 4 is 5.97 Å². The van der Waals surface area contributed by atoms with E-state index in [4.69, 9.17) is 20.3 Å². The fourth-order valence-electron chi connectivity index (χ4n) is 1.81. The van der Waals surface area contributed by atoms with Crippen LogP contribution in [0.5, 0.6) is 11.5 Å². The molecule has 1 aliphatic heterocycles. The molecule has 5 nitrogen and oxygen atoms in total. The molecule has 17 heavy (non-hydrogen) atoms. The van der Waals surface area contributed by atoms with Crippen LogP contribution in [0, 0.1) is 6.92 Å². The molecule has 1 heterocycles. The number of hydrogen-bond acceptors (Lipinski definition) is 4. The molecule has 2 rings (SSSR count). The first-order valence-corrected chi connectivity index (χ1v) is 5.46. The Labute approximate surface area is 99.1 Å². The number of aliphatic carboxylic acids is 1. The fourth-order valence-corrected chi connectivity index (χ4v) is 1.81. The largest absolute Gasteiger partial charge is 0.486 e. The van der Waals surface area contributed by atoms with Crippen LogP contribution in [-0.2, 0) is 11.2 Å². The Bertz CT molecular complexity index is 444. The Morgan fingerprint density at radius 3 is 2.71 bits per heavy atom. The normalized spacial score (nSPS) is 15.4. The first kappa shape index (κ1) is 11.7. The van der Waals surface area contributed by atoms with Gasteiger partial charge in [0.15, 0.2) is 11.5 Å². The van der Waals surface area contributed by atoms with Gasteiger partial charge in [0.1, 0.15) is 19.3 Å². The highest BCUT2D eigenvalue weighted by Crippen LogP contribution is 2.37. The third-order valence-electron chi connectivity index (χ3n) is 2.72. The minimum atomic E-state index is -1.02. The van der Waals surface area contributed by atoms with Crippen molar-refractivity contribution in [1.82, 2.24) is 0 Å². The zero-order valence-corrected chi connectivity index (χ0v) is 9.60. The molecule has 0 saturated heterocycles. The quantitative estimate of drug-likeness (QED) is 0.809. The highest BCUT2D eigenvalue weighted by atomic mass is 16.6. The van der Waals surface area contributed by atoms with Crippen molar-refractivity contribution < 1.29 is 19.4 Å². The number of rotatable bonds is 3. The summed E-state index contributed by atoms with van der Waals surface area (Å²) in [5, 5.41) is 8.80.